The molecular formula is C15H16N4O5S. The first-order valence-electron chi connectivity index (χ1n) is 7.58. The van der Waals surface area contributed by atoms with E-state index in [9.17, 15) is 23.3 Å². The number of hydrogen-bond donors (Lipinski definition) is 1. The number of aryl methyl sites for hydroxylation is 1. The van der Waals surface area contributed by atoms with E-state index in [1.807, 2.05) is 0 Å². The Balaban J connectivity index is 1.83. The molecule has 1 atom stereocenters. The van der Waals surface area contributed by atoms with Crippen molar-refractivity contribution in [3.63, 3.8) is 0 Å². The van der Waals surface area contributed by atoms with Crippen molar-refractivity contribution in [3.05, 3.63) is 46.1 Å². The summed E-state index contributed by atoms with van der Waals surface area (Å²) in [6, 6.07) is 7.41. The molecule has 0 bridgehead atoms. The van der Waals surface area contributed by atoms with Gasteiger partial charge in [-0.1, -0.05) is 0 Å². The Bertz CT molecular complexity index is 933. The Hall–Kier alpha value is -2.75. The largest absolute Gasteiger partial charge is 0.310 e. The number of hydrogen-bond acceptors (Lipinski definition) is 6. The van der Waals surface area contributed by atoms with Crippen molar-refractivity contribution in [2.45, 2.75) is 13.3 Å². The molecule has 1 aromatic carbocycles. The summed E-state index contributed by atoms with van der Waals surface area (Å²) >= 11 is 0. The summed E-state index contributed by atoms with van der Waals surface area (Å²) in [5.74, 6) is -0.690. The van der Waals surface area contributed by atoms with Gasteiger partial charge in [0.1, 0.15) is 5.82 Å². The number of aromatic nitrogens is 2. The smallest absolute Gasteiger partial charge is 0.269 e. The van der Waals surface area contributed by atoms with Gasteiger partial charge in [0.05, 0.1) is 33.7 Å². The van der Waals surface area contributed by atoms with Crippen molar-refractivity contribution < 1.29 is 18.1 Å². The van der Waals surface area contributed by atoms with E-state index in [0.717, 1.165) is 0 Å². The Labute approximate surface area is 143 Å². The van der Waals surface area contributed by atoms with Gasteiger partial charge < -0.3 is 5.32 Å². The van der Waals surface area contributed by atoms with Crippen LogP contribution < -0.4 is 5.32 Å². The van der Waals surface area contributed by atoms with Crippen LogP contribution in [-0.2, 0) is 14.6 Å². The maximum absolute atomic E-state index is 12.3. The standard InChI is InChI=1S/C15H16N4O5S/c1-10-8-14(16-15(20)11-6-7-25(23,24)9-11)18(17-10)12-2-4-13(5-3-12)19(21)22/h2-5,8,11H,6-7,9H2,1H3,(H,16,20). The van der Waals surface area contributed by atoms with Crippen LogP contribution in [0.2, 0.25) is 0 Å². The highest BCUT2D eigenvalue weighted by Crippen LogP contribution is 2.23. The number of amides is 1. The Morgan fingerprint density at radius 3 is 2.60 bits per heavy atom. The number of anilines is 1. The zero-order chi connectivity index (χ0) is 18.2. The van der Waals surface area contributed by atoms with E-state index in [0.29, 0.717) is 23.6 Å². The molecule has 1 unspecified atom stereocenters. The molecule has 3 rings (SSSR count). The first kappa shape index (κ1) is 17.1. The molecule has 1 N–H and O–H groups in total. The Morgan fingerprint density at radius 2 is 2.04 bits per heavy atom. The minimum Gasteiger partial charge on any atom is -0.310 e. The highest BCUT2D eigenvalue weighted by molar-refractivity contribution is 7.91. The van der Waals surface area contributed by atoms with Crippen LogP contribution in [0.25, 0.3) is 5.69 Å². The molecule has 1 amide bonds. The number of non-ortho nitro benzene ring substituents is 1. The van der Waals surface area contributed by atoms with Crippen molar-refractivity contribution in [2.75, 3.05) is 16.8 Å². The summed E-state index contributed by atoms with van der Waals surface area (Å²) in [5.41, 5.74) is 1.15. The second-order valence-corrected chi connectivity index (χ2v) is 8.17. The van der Waals surface area contributed by atoms with Gasteiger partial charge in [0.25, 0.3) is 5.69 Å². The number of nitro groups is 1. The quantitative estimate of drug-likeness (QED) is 0.647. The molecule has 132 valence electrons. The third kappa shape index (κ3) is 3.68. The minimum atomic E-state index is -3.15. The number of benzene rings is 1. The van der Waals surface area contributed by atoms with Gasteiger partial charge in [-0.05, 0) is 25.5 Å². The molecule has 1 fully saturated rings. The molecule has 10 heteroatoms. The summed E-state index contributed by atoms with van der Waals surface area (Å²) in [5, 5.41) is 17.7. The van der Waals surface area contributed by atoms with Crippen LogP contribution in [-0.4, -0.2) is 40.5 Å². The molecule has 0 aliphatic carbocycles. The predicted octanol–water partition coefficient (Wildman–Crippen LogP) is 1.46. The van der Waals surface area contributed by atoms with E-state index >= 15 is 0 Å². The van der Waals surface area contributed by atoms with E-state index in [1.54, 1.807) is 13.0 Å². The third-order valence-corrected chi connectivity index (χ3v) is 5.76. The van der Waals surface area contributed by atoms with Crippen molar-refractivity contribution >= 4 is 27.2 Å². The van der Waals surface area contributed by atoms with E-state index in [-0.39, 0.29) is 23.1 Å². The van der Waals surface area contributed by atoms with Gasteiger partial charge in [-0.2, -0.15) is 5.10 Å². The number of rotatable bonds is 4. The van der Waals surface area contributed by atoms with Gasteiger partial charge in [0.15, 0.2) is 9.84 Å². The van der Waals surface area contributed by atoms with Crippen molar-refractivity contribution in [1.82, 2.24) is 9.78 Å². The van der Waals surface area contributed by atoms with Crippen LogP contribution in [0.5, 0.6) is 0 Å². The molecule has 1 aliphatic rings. The molecule has 2 heterocycles. The molecule has 2 aromatic rings. The highest BCUT2D eigenvalue weighted by Gasteiger charge is 2.33. The molecule has 0 spiro atoms. The first-order chi connectivity index (χ1) is 11.7. The predicted molar refractivity (Wildman–Crippen MR) is 90.3 cm³/mol. The SMILES string of the molecule is Cc1cc(NC(=O)C2CCS(=O)(=O)C2)n(-c2ccc([N+](=O)[O-])cc2)n1. The van der Waals surface area contributed by atoms with Crippen LogP contribution in [0.4, 0.5) is 11.5 Å². The van der Waals surface area contributed by atoms with Gasteiger partial charge >= 0.3 is 0 Å². The van der Waals surface area contributed by atoms with Crippen LogP contribution >= 0.6 is 0 Å². The molecule has 25 heavy (non-hydrogen) atoms. The Morgan fingerprint density at radius 1 is 1.36 bits per heavy atom. The van der Waals surface area contributed by atoms with Gasteiger partial charge in [0.2, 0.25) is 5.91 Å². The van der Waals surface area contributed by atoms with Crippen molar-refractivity contribution in [2.24, 2.45) is 5.92 Å². The maximum atomic E-state index is 12.3. The third-order valence-electron chi connectivity index (χ3n) is 3.99. The average molecular weight is 364 g/mol. The molecule has 0 saturated carbocycles. The van der Waals surface area contributed by atoms with Crippen molar-refractivity contribution in [3.8, 4) is 5.69 Å². The van der Waals surface area contributed by atoms with E-state index in [2.05, 4.69) is 10.4 Å². The van der Waals surface area contributed by atoms with Crippen LogP contribution in [0.15, 0.2) is 30.3 Å². The zero-order valence-electron chi connectivity index (χ0n) is 13.4. The number of sulfone groups is 1. The first-order valence-corrected chi connectivity index (χ1v) is 9.40. The monoisotopic (exact) mass is 364 g/mol. The van der Waals surface area contributed by atoms with Gasteiger partial charge in [-0.15, -0.1) is 0 Å². The number of nitrogens with one attached hydrogen (secondary N) is 1. The highest BCUT2D eigenvalue weighted by atomic mass is 32.2. The summed E-state index contributed by atoms with van der Waals surface area (Å²) < 4.78 is 24.5. The van der Waals surface area contributed by atoms with Crippen LogP contribution in [0, 0.1) is 23.0 Å². The molecule has 1 aromatic heterocycles. The van der Waals surface area contributed by atoms with Crippen LogP contribution in [0.1, 0.15) is 12.1 Å². The minimum absolute atomic E-state index is 0.0196. The molecule has 9 nitrogen and oxygen atoms in total. The van der Waals surface area contributed by atoms with E-state index in [1.165, 1.54) is 28.9 Å². The summed E-state index contributed by atoms with van der Waals surface area (Å²) in [4.78, 5) is 22.6. The van der Waals surface area contributed by atoms with Gasteiger partial charge in [-0.3, -0.25) is 14.9 Å². The summed E-state index contributed by atoms with van der Waals surface area (Å²) in [6.07, 6.45) is 0.304. The topological polar surface area (TPSA) is 124 Å². The average Bonchev–Trinajstić information content (AvgIpc) is 3.09. The van der Waals surface area contributed by atoms with E-state index in [4.69, 9.17) is 0 Å². The molecule has 1 aliphatic heterocycles. The fourth-order valence-corrected chi connectivity index (χ4v) is 4.47. The lowest BCUT2D eigenvalue weighted by Crippen LogP contribution is -2.25. The molecular weight excluding hydrogens is 348 g/mol. The second kappa shape index (κ2) is 6.28. The number of carbonyl (C=O) groups excluding carboxylic acids is 1. The fraction of sp³-hybridized carbons (Fsp3) is 0.333. The summed E-state index contributed by atoms with van der Waals surface area (Å²) in [6.45, 7) is 1.75. The lowest BCUT2D eigenvalue weighted by molar-refractivity contribution is -0.384. The van der Waals surface area contributed by atoms with Gasteiger partial charge in [0, 0.05) is 18.2 Å². The van der Waals surface area contributed by atoms with Gasteiger partial charge in [-0.25, -0.2) is 13.1 Å². The number of nitro benzene ring substituents is 1. The zero-order valence-corrected chi connectivity index (χ0v) is 14.2. The second-order valence-electron chi connectivity index (χ2n) is 5.95. The molecule has 1 saturated heterocycles. The Kier molecular flexibility index (Phi) is 4.29. The summed E-state index contributed by atoms with van der Waals surface area (Å²) in [7, 11) is -3.15. The lowest BCUT2D eigenvalue weighted by atomic mass is 10.1. The van der Waals surface area contributed by atoms with E-state index < -0.39 is 20.7 Å². The fourth-order valence-electron chi connectivity index (χ4n) is 2.73. The van der Waals surface area contributed by atoms with Crippen molar-refractivity contribution in [1.29, 1.82) is 0 Å². The normalized spacial score (nSPS) is 18.8. The lowest BCUT2D eigenvalue weighted by Gasteiger charge is -2.11. The maximum Gasteiger partial charge on any atom is 0.269 e. The molecule has 0 radical (unpaired) electrons. The number of carbonyl (C=O) groups is 1. The number of nitrogens with zero attached hydrogens (tertiary/aromatic N) is 3. The van der Waals surface area contributed by atoms with Crippen LogP contribution in [0.3, 0.4) is 0 Å².